The van der Waals surface area contributed by atoms with Crippen LogP contribution in [0.15, 0.2) is 11.6 Å². The maximum absolute atomic E-state index is 9.08. The maximum Gasteiger partial charge on any atom is 0.0468 e. The molecule has 2 heteroatoms. The molecule has 2 bridgehead atoms. The van der Waals surface area contributed by atoms with Crippen LogP contribution >= 0.6 is 0 Å². The van der Waals surface area contributed by atoms with Crippen LogP contribution in [0.1, 0.15) is 32.1 Å². The second kappa shape index (κ2) is 4.15. The maximum atomic E-state index is 9.08. The summed E-state index contributed by atoms with van der Waals surface area (Å²) in [4.78, 5) is 0. The average Bonchev–Trinajstić information content (AvgIpc) is 2.88. The van der Waals surface area contributed by atoms with E-state index >= 15 is 0 Å². The van der Waals surface area contributed by atoms with Crippen LogP contribution in [0.4, 0.5) is 0 Å². The quantitative estimate of drug-likeness (QED) is 0.714. The average molecular weight is 222 g/mol. The van der Waals surface area contributed by atoms with Crippen molar-refractivity contribution in [3.8, 4) is 0 Å². The number of rotatable bonds is 4. The first-order chi connectivity index (χ1) is 7.83. The SMILES string of the molecule is OCCC1=CC2C(C1)C1CC(CCO)C2C1. The van der Waals surface area contributed by atoms with Gasteiger partial charge in [-0.25, -0.2) is 0 Å². The topological polar surface area (TPSA) is 40.5 Å². The Morgan fingerprint density at radius 3 is 2.75 bits per heavy atom. The highest BCUT2D eigenvalue weighted by molar-refractivity contribution is 5.21. The van der Waals surface area contributed by atoms with Gasteiger partial charge in [0, 0.05) is 13.2 Å². The molecule has 90 valence electrons. The van der Waals surface area contributed by atoms with Gasteiger partial charge in [-0.15, -0.1) is 0 Å². The molecule has 2 N–H and O–H groups in total. The summed E-state index contributed by atoms with van der Waals surface area (Å²) < 4.78 is 0. The van der Waals surface area contributed by atoms with Crippen molar-refractivity contribution in [1.29, 1.82) is 0 Å². The molecule has 3 rings (SSSR count). The second-order valence-electron chi connectivity index (χ2n) is 5.91. The minimum Gasteiger partial charge on any atom is -0.396 e. The summed E-state index contributed by atoms with van der Waals surface area (Å²) in [6.07, 6.45) is 8.37. The molecule has 0 heterocycles. The zero-order valence-electron chi connectivity index (χ0n) is 9.81. The number of hydrogen-bond acceptors (Lipinski definition) is 2. The van der Waals surface area contributed by atoms with E-state index in [0.29, 0.717) is 13.2 Å². The number of aliphatic hydroxyl groups excluding tert-OH is 2. The molecule has 3 aliphatic rings. The van der Waals surface area contributed by atoms with E-state index in [1.807, 2.05) is 0 Å². The van der Waals surface area contributed by atoms with E-state index in [9.17, 15) is 0 Å². The van der Waals surface area contributed by atoms with Crippen molar-refractivity contribution in [2.75, 3.05) is 13.2 Å². The van der Waals surface area contributed by atoms with Crippen LogP contribution in [0.2, 0.25) is 0 Å². The number of allylic oxidation sites excluding steroid dienone is 1. The Morgan fingerprint density at radius 2 is 2.00 bits per heavy atom. The van der Waals surface area contributed by atoms with Crippen LogP contribution in [-0.2, 0) is 0 Å². The van der Waals surface area contributed by atoms with Crippen molar-refractivity contribution in [3.63, 3.8) is 0 Å². The highest BCUT2D eigenvalue weighted by Crippen LogP contribution is 2.60. The third-order valence-corrected chi connectivity index (χ3v) is 5.24. The summed E-state index contributed by atoms with van der Waals surface area (Å²) in [6.45, 7) is 0.666. The third kappa shape index (κ3) is 1.54. The van der Waals surface area contributed by atoms with Crippen LogP contribution in [0.25, 0.3) is 0 Å². The van der Waals surface area contributed by atoms with Gasteiger partial charge >= 0.3 is 0 Å². The Balaban J connectivity index is 1.71. The molecule has 2 fully saturated rings. The van der Waals surface area contributed by atoms with Crippen molar-refractivity contribution in [3.05, 3.63) is 11.6 Å². The lowest BCUT2D eigenvalue weighted by Crippen LogP contribution is -2.24. The Morgan fingerprint density at radius 1 is 1.12 bits per heavy atom. The van der Waals surface area contributed by atoms with Gasteiger partial charge in [0.05, 0.1) is 0 Å². The summed E-state index contributed by atoms with van der Waals surface area (Å²) in [6, 6.07) is 0. The lowest BCUT2D eigenvalue weighted by molar-refractivity contribution is 0.168. The fourth-order valence-electron chi connectivity index (χ4n) is 4.67. The van der Waals surface area contributed by atoms with E-state index in [2.05, 4.69) is 6.08 Å². The zero-order chi connectivity index (χ0) is 11.1. The molecule has 0 spiro atoms. The van der Waals surface area contributed by atoms with Crippen LogP contribution in [0, 0.1) is 29.6 Å². The van der Waals surface area contributed by atoms with Gasteiger partial charge < -0.3 is 10.2 Å². The lowest BCUT2D eigenvalue weighted by Gasteiger charge is -2.30. The summed E-state index contributed by atoms with van der Waals surface area (Å²) >= 11 is 0. The van der Waals surface area contributed by atoms with Crippen molar-refractivity contribution >= 4 is 0 Å². The normalized spacial score (nSPS) is 44.9. The summed E-state index contributed by atoms with van der Waals surface area (Å²) in [5, 5.41) is 18.1. The van der Waals surface area contributed by atoms with Crippen LogP contribution < -0.4 is 0 Å². The Bertz CT molecular complexity index is 297. The molecule has 5 unspecified atom stereocenters. The molecule has 0 aromatic rings. The molecule has 2 nitrogen and oxygen atoms in total. The van der Waals surface area contributed by atoms with Gasteiger partial charge in [-0.1, -0.05) is 11.6 Å². The molecule has 3 aliphatic carbocycles. The van der Waals surface area contributed by atoms with Gasteiger partial charge in [-0.3, -0.25) is 0 Å². The minimum absolute atomic E-state index is 0.306. The Hall–Kier alpha value is -0.340. The molecule has 0 aliphatic heterocycles. The first kappa shape index (κ1) is 10.8. The molecule has 2 saturated carbocycles. The minimum atomic E-state index is 0.306. The van der Waals surface area contributed by atoms with Gasteiger partial charge in [-0.2, -0.15) is 0 Å². The molecular weight excluding hydrogens is 200 g/mol. The smallest absolute Gasteiger partial charge is 0.0468 e. The van der Waals surface area contributed by atoms with E-state index in [1.54, 1.807) is 0 Å². The van der Waals surface area contributed by atoms with Gasteiger partial charge in [0.1, 0.15) is 0 Å². The first-order valence-corrected chi connectivity index (χ1v) is 6.74. The van der Waals surface area contributed by atoms with Gasteiger partial charge in [0.25, 0.3) is 0 Å². The predicted molar refractivity (Wildman–Crippen MR) is 62.8 cm³/mol. The van der Waals surface area contributed by atoms with Gasteiger partial charge in [0.2, 0.25) is 0 Å². The zero-order valence-corrected chi connectivity index (χ0v) is 9.81. The number of aliphatic hydroxyl groups is 2. The summed E-state index contributed by atoms with van der Waals surface area (Å²) in [5.74, 6) is 4.22. The molecule has 16 heavy (non-hydrogen) atoms. The Labute approximate surface area is 97.4 Å². The van der Waals surface area contributed by atoms with E-state index in [1.165, 1.54) is 24.8 Å². The van der Waals surface area contributed by atoms with Crippen molar-refractivity contribution in [2.24, 2.45) is 29.6 Å². The molecule has 0 aromatic heterocycles. The second-order valence-corrected chi connectivity index (χ2v) is 5.91. The van der Waals surface area contributed by atoms with Crippen LogP contribution in [0.3, 0.4) is 0 Å². The fraction of sp³-hybridized carbons (Fsp3) is 0.857. The monoisotopic (exact) mass is 222 g/mol. The largest absolute Gasteiger partial charge is 0.396 e. The van der Waals surface area contributed by atoms with Crippen molar-refractivity contribution in [2.45, 2.75) is 32.1 Å². The van der Waals surface area contributed by atoms with E-state index in [0.717, 1.165) is 42.4 Å². The summed E-state index contributed by atoms with van der Waals surface area (Å²) in [7, 11) is 0. The lowest BCUT2D eigenvalue weighted by atomic mass is 9.74. The standard InChI is InChI=1S/C14H22O2/c15-3-1-9-5-12-11-7-10(2-4-16)13(8-11)14(12)6-9/h6,10-16H,1-5,7-8H2. The molecule has 0 aromatic carbocycles. The van der Waals surface area contributed by atoms with E-state index in [4.69, 9.17) is 10.2 Å². The highest BCUT2D eigenvalue weighted by Gasteiger charge is 2.52. The molecule has 5 atom stereocenters. The highest BCUT2D eigenvalue weighted by atomic mass is 16.3. The van der Waals surface area contributed by atoms with Crippen molar-refractivity contribution in [1.82, 2.24) is 0 Å². The van der Waals surface area contributed by atoms with Gasteiger partial charge in [-0.05, 0) is 61.7 Å². The van der Waals surface area contributed by atoms with E-state index < -0.39 is 0 Å². The molecule has 0 radical (unpaired) electrons. The van der Waals surface area contributed by atoms with Crippen molar-refractivity contribution < 1.29 is 10.2 Å². The Kier molecular flexibility index (Phi) is 2.80. The number of hydrogen-bond donors (Lipinski definition) is 2. The van der Waals surface area contributed by atoms with Crippen LogP contribution in [-0.4, -0.2) is 23.4 Å². The van der Waals surface area contributed by atoms with Crippen LogP contribution in [0.5, 0.6) is 0 Å². The van der Waals surface area contributed by atoms with Gasteiger partial charge in [0.15, 0.2) is 0 Å². The first-order valence-electron chi connectivity index (χ1n) is 6.74. The van der Waals surface area contributed by atoms with E-state index in [-0.39, 0.29) is 0 Å². The predicted octanol–water partition coefficient (Wildman–Crippen LogP) is 1.97. The molecule has 0 saturated heterocycles. The number of fused-ring (bicyclic) bond motifs is 5. The summed E-state index contributed by atoms with van der Waals surface area (Å²) in [5.41, 5.74) is 1.50. The third-order valence-electron chi connectivity index (χ3n) is 5.24. The fourth-order valence-corrected chi connectivity index (χ4v) is 4.67. The molecular formula is C14H22O2. The molecule has 0 amide bonds.